The molecule has 0 fully saturated rings. The van der Waals surface area contributed by atoms with Crippen LogP contribution in [0.4, 0.5) is 0 Å². The molecular weight excluding hydrogens is 244 g/mol. The quantitative estimate of drug-likeness (QED) is 0.823. The van der Waals surface area contributed by atoms with Crippen LogP contribution in [0.3, 0.4) is 0 Å². The van der Waals surface area contributed by atoms with Gasteiger partial charge in [-0.1, -0.05) is 46.3 Å². The smallest absolute Gasteiger partial charge is 0.317 e. The normalized spacial score (nSPS) is 12.4. The van der Waals surface area contributed by atoms with Gasteiger partial charge in [0.15, 0.2) is 0 Å². The standard InChI is InChI=1S/C11H13BrO2/c12-10(11(13)14)8-4-7-9-5-2-1-3-6-9/h1-3,5-6,10H,4,7-8H2,(H,13,14). The van der Waals surface area contributed by atoms with Crippen LogP contribution >= 0.6 is 15.9 Å². The van der Waals surface area contributed by atoms with Crippen molar-refractivity contribution < 1.29 is 9.90 Å². The number of aryl methyl sites for hydroxylation is 1. The van der Waals surface area contributed by atoms with Gasteiger partial charge in [0.1, 0.15) is 4.83 Å². The second-order valence-corrected chi connectivity index (χ2v) is 4.29. The van der Waals surface area contributed by atoms with E-state index in [1.165, 1.54) is 5.56 Å². The summed E-state index contributed by atoms with van der Waals surface area (Å²) in [4.78, 5) is 10.1. The van der Waals surface area contributed by atoms with Crippen LogP contribution in [0.2, 0.25) is 0 Å². The third-order valence-electron chi connectivity index (χ3n) is 2.03. The zero-order valence-corrected chi connectivity index (χ0v) is 9.40. The molecule has 2 nitrogen and oxygen atoms in total. The van der Waals surface area contributed by atoms with E-state index >= 15 is 0 Å². The van der Waals surface area contributed by atoms with Crippen LogP contribution in [0.1, 0.15) is 18.4 Å². The summed E-state index contributed by atoms with van der Waals surface area (Å²) >= 11 is 3.12. The molecule has 0 saturated carbocycles. The third kappa shape index (κ3) is 3.92. The first-order valence-electron chi connectivity index (χ1n) is 4.61. The molecule has 0 bridgehead atoms. The summed E-state index contributed by atoms with van der Waals surface area (Å²) in [7, 11) is 0. The molecule has 1 rings (SSSR count). The van der Waals surface area contributed by atoms with Crippen molar-refractivity contribution in [2.24, 2.45) is 0 Å². The highest BCUT2D eigenvalue weighted by molar-refractivity contribution is 9.10. The Balaban J connectivity index is 2.26. The number of carbonyl (C=O) groups is 1. The number of alkyl halides is 1. The van der Waals surface area contributed by atoms with Gasteiger partial charge < -0.3 is 5.11 Å². The van der Waals surface area contributed by atoms with E-state index < -0.39 is 10.8 Å². The van der Waals surface area contributed by atoms with Crippen LogP contribution in [0.15, 0.2) is 30.3 Å². The van der Waals surface area contributed by atoms with Gasteiger partial charge in [-0.05, 0) is 24.8 Å². The van der Waals surface area contributed by atoms with E-state index in [1.54, 1.807) is 0 Å². The number of carboxylic acids is 1. The van der Waals surface area contributed by atoms with Gasteiger partial charge in [-0.3, -0.25) is 4.79 Å². The maximum absolute atomic E-state index is 10.5. The molecule has 1 unspecified atom stereocenters. The Bertz CT molecular complexity index is 285. The summed E-state index contributed by atoms with van der Waals surface area (Å²) in [5, 5.41) is 8.63. The van der Waals surface area contributed by atoms with Gasteiger partial charge in [-0.25, -0.2) is 0 Å². The van der Waals surface area contributed by atoms with Gasteiger partial charge in [0.25, 0.3) is 0 Å². The molecule has 0 aliphatic carbocycles. The van der Waals surface area contributed by atoms with Crippen LogP contribution in [-0.2, 0) is 11.2 Å². The fourth-order valence-corrected chi connectivity index (χ4v) is 1.58. The minimum Gasteiger partial charge on any atom is -0.480 e. The number of hydrogen-bond donors (Lipinski definition) is 1. The van der Waals surface area contributed by atoms with Crippen molar-refractivity contribution in [1.29, 1.82) is 0 Å². The Kier molecular flexibility index (Phi) is 4.66. The molecule has 0 aliphatic rings. The summed E-state index contributed by atoms with van der Waals surface area (Å²) in [5.74, 6) is -0.780. The Morgan fingerprint density at radius 3 is 2.57 bits per heavy atom. The van der Waals surface area contributed by atoms with Crippen LogP contribution in [0.5, 0.6) is 0 Å². The van der Waals surface area contributed by atoms with E-state index in [4.69, 9.17) is 5.11 Å². The van der Waals surface area contributed by atoms with Gasteiger partial charge in [0, 0.05) is 0 Å². The zero-order valence-electron chi connectivity index (χ0n) is 7.82. The topological polar surface area (TPSA) is 37.3 Å². The summed E-state index contributed by atoms with van der Waals surface area (Å²) in [6, 6.07) is 10.1. The molecule has 0 aliphatic heterocycles. The fraction of sp³-hybridized carbons (Fsp3) is 0.364. The van der Waals surface area contributed by atoms with E-state index in [0.717, 1.165) is 12.8 Å². The van der Waals surface area contributed by atoms with E-state index in [9.17, 15) is 4.79 Å². The molecule has 0 saturated heterocycles. The van der Waals surface area contributed by atoms with Crippen LogP contribution in [-0.4, -0.2) is 15.9 Å². The molecule has 76 valence electrons. The minimum atomic E-state index is -0.780. The number of benzene rings is 1. The lowest BCUT2D eigenvalue weighted by Crippen LogP contribution is -2.12. The Labute approximate surface area is 92.1 Å². The monoisotopic (exact) mass is 256 g/mol. The summed E-state index contributed by atoms with van der Waals surface area (Å²) in [5.41, 5.74) is 1.26. The second kappa shape index (κ2) is 5.81. The van der Waals surface area contributed by atoms with E-state index in [1.807, 2.05) is 18.2 Å². The first kappa shape index (κ1) is 11.2. The number of rotatable bonds is 5. The summed E-state index contributed by atoms with van der Waals surface area (Å²) in [6.07, 6.45) is 2.51. The van der Waals surface area contributed by atoms with Crippen LogP contribution < -0.4 is 0 Å². The number of hydrogen-bond acceptors (Lipinski definition) is 1. The maximum Gasteiger partial charge on any atom is 0.317 e. The number of halogens is 1. The molecule has 1 aromatic carbocycles. The highest BCUT2D eigenvalue weighted by Gasteiger charge is 2.11. The molecule has 3 heteroatoms. The van der Waals surface area contributed by atoms with Gasteiger partial charge in [-0.15, -0.1) is 0 Å². The molecule has 0 amide bonds. The SMILES string of the molecule is O=C(O)C(Br)CCCc1ccccc1. The van der Waals surface area contributed by atoms with Gasteiger partial charge >= 0.3 is 5.97 Å². The molecule has 0 heterocycles. The largest absolute Gasteiger partial charge is 0.480 e. The van der Waals surface area contributed by atoms with E-state index in [2.05, 4.69) is 28.1 Å². The number of carboxylic acid groups (broad SMARTS) is 1. The van der Waals surface area contributed by atoms with Crippen molar-refractivity contribution in [2.45, 2.75) is 24.1 Å². The molecule has 0 radical (unpaired) electrons. The molecule has 1 N–H and O–H groups in total. The van der Waals surface area contributed by atoms with Crippen molar-refractivity contribution in [1.82, 2.24) is 0 Å². The molecular formula is C11H13BrO2. The predicted molar refractivity (Wildman–Crippen MR) is 59.7 cm³/mol. The van der Waals surface area contributed by atoms with Gasteiger partial charge in [0.05, 0.1) is 0 Å². The van der Waals surface area contributed by atoms with Crippen molar-refractivity contribution in [3.63, 3.8) is 0 Å². The second-order valence-electron chi connectivity index (χ2n) is 3.18. The first-order valence-corrected chi connectivity index (χ1v) is 5.52. The number of aliphatic carboxylic acids is 1. The van der Waals surface area contributed by atoms with Crippen LogP contribution in [0, 0.1) is 0 Å². The highest BCUT2D eigenvalue weighted by Crippen LogP contribution is 2.11. The minimum absolute atomic E-state index is 0.411. The van der Waals surface area contributed by atoms with Crippen LogP contribution in [0.25, 0.3) is 0 Å². The van der Waals surface area contributed by atoms with Gasteiger partial charge in [0.2, 0.25) is 0 Å². The zero-order chi connectivity index (χ0) is 10.4. The molecule has 1 aromatic rings. The molecule has 14 heavy (non-hydrogen) atoms. The first-order chi connectivity index (χ1) is 6.70. The van der Waals surface area contributed by atoms with E-state index in [-0.39, 0.29) is 0 Å². The average Bonchev–Trinajstić information content (AvgIpc) is 2.19. The summed E-state index contributed by atoms with van der Waals surface area (Å²) < 4.78 is 0. The van der Waals surface area contributed by atoms with Crippen molar-refractivity contribution in [2.75, 3.05) is 0 Å². The molecule has 0 spiro atoms. The Hall–Kier alpha value is -0.830. The van der Waals surface area contributed by atoms with E-state index in [0.29, 0.717) is 6.42 Å². The molecule has 1 atom stereocenters. The lowest BCUT2D eigenvalue weighted by molar-refractivity contribution is -0.136. The Morgan fingerprint density at radius 2 is 2.00 bits per heavy atom. The van der Waals surface area contributed by atoms with Crippen molar-refractivity contribution in [3.8, 4) is 0 Å². The third-order valence-corrected chi connectivity index (χ3v) is 2.88. The maximum atomic E-state index is 10.5. The molecule has 0 aromatic heterocycles. The predicted octanol–water partition coefficient (Wildman–Crippen LogP) is 2.86. The summed E-state index contributed by atoms with van der Waals surface area (Å²) in [6.45, 7) is 0. The lowest BCUT2D eigenvalue weighted by atomic mass is 10.1. The Morgan fingerprint density at radius 1 is 1.36 bits per heavy atom. The highest BCUT2D eigenvalue weighted by atomic mass is 79.9. The van der Waals surface area contributed by atoms with Gasteiger partial charge in [-0.2, -0.15) is 0 Å². The average molecular weight is 257 g/mol. The van der Waals surface area contributed by atoms with Crippen molar-refractivity contribution >= 4 is 21.9 Å². The van der Waals surface area contributed by atoms with Crippen molar-refractivity contribution in [3.05, 3.63) is 35.9 Å². The lowest BCUT2D eigenvalue weighted by Gasteiger charge is -2.04. The fourth-order valence-electron chi connectivity index (χ4n) is 1.25.